The first kappa shape index (κ1) is 17.1. The van der Waals surface area contributed by atoms with Gasteiger partial charge in [-0.25, -0.2) is 15.0 Å². The standard InChI is InChI=1S/C16H13BrClN5S/c1-2-3-4-7-23-9-20-14(19)13-15(23)22-16(21-13)24-12-6-5-10(17)8-11(12)18/h1,5-6,8-9H,3-4,7,19H2. The topological polar surface area (TPSA) is 69.6 Å². The summed E-state index contributed by atoms with van der Waals surface area (Å²) in [6.45, 7) is 0.718. The molecule has 122 valence electrons. The number of imidazole rings is 1. The zero-order valence-electron chi connectivity index (χ0n) is 12.5. The molecule has 0 unspecified atom stereocenters. The third kappa shape index (κ3) is 3.66. The molecule has 1 aromatic carbocycles. The molecule has 1 aromatic rings. The van der Waals surface area contributed by atoms with Crippen LogP contribution in [-0.4, -0.2) is 19.5 Å². The van der Waals surface area contributed by atoms with Gasteiger partial charge in [-0.3, -0.25) is 0 Å². The highest BCUT2D eigenvalue weighted by molar-refractivity contribution is 9.10. The zero-order chi connectivity index (χ0) is 17.1. The quantitative estimate of drug-likeness (QED) is 0.489. The molecular weight excluding hydrogens is 410 g/mol. The predicted molar refractivity (Wildman–Crippen MR) is 100 cm³/mol. The van der Waals surface area contributed by atoms with E-state index in [9.17, 15) is 0 Å². The number of aromatic nitrogens is 4. The van der Waals surface area contributed by atoms with Gasteiger partial charge in [-0.15, -0.1) is 12.3 Å². The van der Waals surface area contributed by atoms with Gasteiger partial charge in [0.05, 0.1) is 11.3 Å². The lowest BCUT2D eigenvalue weighted by Crippen LogP contribution is -2.08. The van der Waals surface area contributed by atoms with E-state index in [1.807, 2.05) is 22.8 Å². The average molecular weight is 423 g/mol. The average Bonchev–Trinajstić information content (AvgIpc) is 2.97. The van der Waals surface area contributed by atoms with E-state index in [0.29, 0.717) is 33.9 Å². The van der Waals surface area contributed by atoms with E-state index >= 15 is 0 Å². The van der Waals surface area contributed by atoms with Crippen LogP contribution < -0.4 is 5.73 Å². The number of nitrogens with two attached hydrogens (primary N) is 1. The second-order valence-corrected chi connectivity index (χ2v) is 7.32. The molecule has 0 fully saturated rings. The van der Waals surface area contributed by atoms with Crippen molar-refractivity contribution in [3.05, 3.63) is 34.0 Å². The maximum absolute atomic E-state index is 6.26. The number of halogens is 2. The van der Waals surface area contributed by atoms with Crippen LogP contribution in [0.15, 0.2) is 39.1 Å². The first-order chi connectivity index (χ1) is 11.6. The maximum atomic E-state index is 6.26. The Morgan fingerprint density at radius 1 is 1.38 bits per heavy atom. The molecule has 2 heterocycles. The number of unbranched alkanes of at least 4 members (excludes halogenated alkanes) is 1. The molecule has 3 rings (SSSR count). The summed E-state index contributed by atoms with van der Waals surface area (Å²) in [5.41, 5.74) is 6.53. The Labute approximate surface area is 157 Å². The molecule has 2 aliphatic heterocycles. The molecule has 0 atom stereocenters. The van der Waals surface area contributed by atoms with Crippen LogP contribution >= 0.6 is 39.3 Å². The number of anilines is 1. The van der Waals surface area contributed by atoms with Crippen LogP contribution in [0.1, 0.15) is 12.8 Å². The van der Waals surface area contributed by atoms with Crippen molar-refractivity contribution in [1.82, 2.24) is 19.5 Å². The molecule has 0 saturated heterocycles. The van der Waals surface area contributed by atoms with Gasteiger partial charge in [-0.2, -0.15) is 0 Å². The Balaban J connectivity index is 1.92. The molecule has 2 aliphatic rings. The lowest BCUT2D eigenvalue weighted by molar-refractivity contribution is 0.638. The molecule has 0 radical (unpaired) electrons. The molecule has 5 nitrogen and oxygen atoms in total. The van der Waals surface area contributed by atoms with Gasteiger partial charge in [-0.1, -0.05) is 27.5 Å². The molecule has 0 saturated carbocycles. The molecule has 0 aromatic heterocycles. The molecule has 0 bridgehead atoms. The largest absolute Gasteiger partial charge is 0.382 e. The van der Waals surface area contributed by atoms with E-state index in [1.165, 1.54) is 11.8 Å². The molecular formula is C16H13BrClN5S. The smallest absolute Gasteiger partial charge is 0.195 e. The van der Waals surface area contributed by atoms with Crippen molar-refractivity contribution in [2.75, 3.05) is 5.73 Å². The van der Waals surface area contributed by atoms with Gasteiger partial charge in [0.25, 0.3) is 0 Å². The van der Waals surface area contributed by atoms with E-state index in [0.717, 1.165) is 22.3 Å². The maximum Gasteiger partial charge on any atom is 0.195 e. The fourth-order valence-electron chi connectivity index (χ4n) is 2.15. The summed E-state index contributed by atoms with van der Waals surface area (Å²) in [5.74, 6) is 3.69. The highest BCUT2D eigenvalue weighted by atomic mass is 79.9. The van der Waals surface area contributed by atoms with Crippen LogP contribution in [0.25, 0.3) is 11.5 Å². The van der Waals surface area contributed by atoms with Crippen molar-refractivity contribution < 1.29 is 0 Å². The van der Waals surface area contributed by atoms with Crippen molar-refractivity contribution in [1.29, 1.82) is 0 Å². The second-order valence-electron chi connectivity index (χ2n) is 4.99. The van der Waals surface area contributed by atoms with Crippen LogP contribution in [-0.2, 0) is 6.54 Å². The van der Waals surface area contributed by atoms with Crippen LogP contribution in [0.2, 0.25) is 5.02 Å². The Kier molecular flexibility index (Phi) is 5.29. The number of nitrogen functional groups attached to an aromatic ring is 1. The van der Waals surface area contributed by atoms with E-state index in [1.54, 1.807) is 6.33 Å². The van der Waals surface area contributed by atoms with Crippen molar-refractivity contribution in [3.8, 4) is 23.9 Å². The minimum absolute atomic E-state index is 0.361. The normalized spacial score (nSPS) is 10.9. The van der Waals surface area contributed by atoms with Crippen molar-refractivity contribution in [2.45, 2.75) is 29.4 Å². The van der Waals surface area contributed by atoms with Gasteiger partial charge in [0.1, 0.15) is 0 Å². The van der Waals surface area contributed by atoms with E-state index < -0.39 is 0 Å². The first-order valence-corrected chi connectivity index (χ1v) is 9.12. The summed E-state index contributed by atoms with van der Waals surface area (Å²) in [7, 11) is 0. The summed E-state index contributed by atoms with van der Waals surface area (Å²) < 4.78 is 2.84. The summed E-state index contributed by atoms with van der Waals surface area (Å²) in [4.78, 5) is 14.1. The summed E-state index contributed by atoms with van der Waals surface area (Å²) >= 11 is 11.0. The third-order valence-electron chi connectivity index (χ3n) is 3.29. The molecule has 0 spiro atoms. The third-order valence-corrected chi connectivity index (χ3v) is 5.15. The summed E-state index contributed by atoms with van der Waals surface area (Å²) in [5, 5.41) is 1.22. The van der Waals surface area contributed by atoms with Gasteiger partial charge in [0.15, 0.2) is 22.5 Å². The van der Waals surface area contributed by atoms with Crippen LogP contribution in [0.5, 0.6) is 0 Å². The number of hydrogen-bond acceptors (Lipinski definition) is 5. The SMILES string of the molecule is C#CCCCn1cnc(N)c2nc(Sc3ccc(Br)cc3Cl)nc1-2. The Hall–Kier alpha value is -1.75. The number of nitrogens with zero attached hydrogens (tertiary/aromatic N) is 4. The predicted octanol–water partition coefficient (Wildman–Crippen LogP) is 4.34. The van der Waals surface area contributed by atoms with Crippen LogP contribution in [0.3, 0.4) is 0 Å². The Morgan fingerprint density at radius 2 is 2.21 bits per heavy atom. The molecule has 0 amide bonds. The van der Waals surface area contributed by atoms with Gasteiger partial charge < -0.3 is 10.3 Å². The fourth-order valence-corrected chi connectivity index (χ4v) is 3.70. The molecule has 24 heavy (non-hydrogen) atoms. The van der Waals surface area contributed by atoms with Crippen LogP contribution in [0.4, 0.5) is 5.82 Å². The zero-order valence-corrected chi connectivity index (χ0v) is 15.7. The van der Waals surface area contributed by atoms with E-state index in [2.05, 4.69) is 36.8 Å². The lowest BCUT2D eigenvalue weighted by Gasteiger charge is -2.09. The minimum Gasteiger partial charge on any atom is -0.382 e. The molecule has 8 heteroatoms. The highest BCUT2D eigenvalue weighted by Gasteiger charge is 2.19. The van der Waals surface area contributed by atoms with Gasteiger partial charge in [0, 0.05) is 22.3 Å². The minimum atomic E-state index is 0.361. The van der Waals surface area contributed by atoms with Crippen LogP contribution in [0, 0.1) is 12.3 Å². The van der Waals surface area contributed by atoms with Crippen molar-refractivity contribution in [2.24, 2.45) is 0 Å². The summed E-state index contributed by atoms with van der Waals surface area (Å²) in [6.07, 6.45) is 8.51. The number of benzene rings is 1. The number of fused-ring (bicyclic) bond motifs is 1. The lowest BCUT2D eigenvalue weighted by atomic mass is 10.3. The molecule has 0 aliphatic carbocycles. The highest BCUT2D eigenvalue weighted by Crippen LogP contribution is 2.36. The Morgan fingerprint density at radius 3 is 2.96 bits per heavy atom. The number of terminal acetylenes is 1. The van der Waals surface area contributed by atoms with Crippen molar-refractivity contribution >= 4 is 45.1 Å². The second kappa shape index (κ2) is 7.43. The van der Waals surface area contributed by atoms with E-state index in [-0.39, 0.29) is 0 Å². The first-order valence-electron chi connectivity index (χ1n) is 7.13. The van der Waals surface area contributed by atoms with E-state index in [4.69, 9.17) is 23.8 Å². The fraction of sp³-hybridized carbons (Fsp3) is 0.188. The number of rotatable bonds is 5. The molecule has 2 N–H and O–H groups in total. The van der Waals surface area contributed by atoms with Gasteiger partial charge in [0.2, 0.25) is 0 Å². The monoisotopic (exact) mass is 421 g/mol. The van der Waals surface area contributed by atoms with Crippen molar-refractivity contribution in [3.63, 3.8) is 0 Å². The number of hydrogen-bond donors (Lipinski definition) is 1. The van der Waals surface area contributed by atoms with Gasteiger partial charge >= 0.3 is 0 Å². The summed E-state index contributed by atoms with van der Waals surface area (Å²) in [6, 6.07) is 5.68. The Bertz CT molecular complexity index is 889. The number of aryl methyl sites for hydroxylation is 1. The van der Waals surface area contributed by atoms with Gasteiger partial charge in [-0.05, 0) is 36.4 Å².